The third-order valence-electron chi connectivity index (χ3n) is 3.72. The molecule has 1 heterocycles. The summed E-state index contributed by atoms with van der Waals surface area (Å²) in [6.45, 7) is 4.39. The molecule has 1 unspecified atom stereocenters. The van der Waals surface area contributed by atoms with Crippen LogP contribution in [-0.2, 0) is 0 Å². The van der Waals surface area contributed by atoms with Gasteiger partial charge in [-0.15, -0.1) is 11.3 Å². The highest BCUT2D eigenvalue weighted by Gasteiger charge is 2.13. The summed E-state index contributed by atoms with van der Waals surface area (Å²) in [6, 6.07) is 19.4. The smallest absolute Gasteiger partial charge is 0.0409 e. The first-order chi connectivity index (χ1) is 10.1. The molecule has 2 atom stereocenters. The Hall–Kier alpha value is -1.35. The van der Waals surface area contributed by atoms with Crippen LogP contribution in [0.25, 0.3) is 10.1 Å². The topological polar surface area (TPSA) is 12.0 Å². The quantitative estimate of drug-likeness (QED) is 0.625. The SMILES string of the molecule is CC(N[C@@H](C)c1cccc(Cl)c1)c1cc2ccccc2s1. The molecule has 3 rings (SSSR count). The maximum atomic E-state index is 6.07. The van der Waals surface area contributed by atoms with Crippen LogP contribution < -0.4 is 5.32 Å². The maximum Gasteiger partial charge on any atom is 0.0409 e. The van der Waals surface area contributed by atoms with Gasteiger partial charge in [-0.25, -0.2) is 0 Å². The van der Waals surface area contributed by atoms with Crippen molar-refractivity contribution in [2.45, 2.75) is 25.9 Å². The summed E-state index contributed by atoms with van der Waals surface area (Å²) < 4.78 is 1.34. The van der Waals surface area contributed by atoms with E-state index in [4.69, 9.17) is 11.6 Å². The molecule has 0 aliphatic carbocycles. The summed E-state index contributed by atoms with van der Waals surface area (Å²) in [5.41, 5.74) is 1.22. The molecule has 0 spiro atoms. The zero-order valence-electron chi connectivity index (χ0n) is 12.1. The van der Waals surface area contributed by atoms with Crippen LogP contribution in [-0.4, -0.2) is 0 Å². The van der Waals surface area contributed by atoms with E-state index >= 15 is 0 Å². The van der Waals surface area contributed by atoms with Crippen LogP contribution in [0, 0.1) is 0 Å². The van der Waals surface area contributed by atoms with Gasteiger partial charge in [0.25, 0.3) is 0 Å². The van der Waals surface area contributed by atoms with Gasteiger partial charge in [0.1, 0.15) is 0 Å². The fourth-order valence-corrected chi connectivity index (χ4v) is 3.82. The lowest BCUT2D eigenvalue weighted by Gasteiger charge is -2.19. The van der Waals surface area contributed by atoms with Crippen molar-refractivity contribution in [1.82, 2.24) is 5.32 Å². The summed E-state index contributed by atoms with van der Waals surface area (Å²) in [4.78, 5) is 1.37. The Kier molecular flexibility index (Phi) is 4.29. The monoisotopic (exact) mass is 315 g/mol. The Morgan fingerprint density at radius 2 is 1.76 bits per heavy atom. The van der Waals surface area contributed by atoms with Crippen LogP contribution in [0.2, 0.25) is 5.02 Å². The minimum Gasteiger partial charge on any atom is -0.303 e. The van der Waals surface area contributed by atoms with Gasteiger partial charge in [0, 0.05) is 26.7 Å². The van der Waals surface area contributed by atoms with E-state index in [1.165, 1.54) is 20.5 Å². The highest BCUT2D eigenvalue weighted by atomic mass is 35.5. The zero-order chi connectivity index (χ0) is 14.8. The predicted octanol–water partition coefficient (Wildman–Crippen LogP) is 5.97. The number of nitrogens with one attached hydrogen (secondary N) is 1. The molecule has 0 amide bonds. The third kappa shape index (κ3) is 3.29. The van der Waals surface area contributed by atoms with E-state index in [-0.39, 0.29) is 6.04 Å². The van der Waals surface area contributed by atoms with Gasteiger partial charge in [-0.05, 0) is 49.1 Å². The second-order valence-electron chi connectivity index (χ2n) is 5.35. The first kappa shape index (κ1) is 14.6. The Bertz CT molecular complexity index is 717. The fraction of sp³-hybridized carbons (Fsp3) is 0.222. The third-order valence-corrected chi connectivity index (χ3v) is 5.25. The minimum absolute atomic E-state index is 0.268. The van der Waals surface area contributed by atoms with E-state index in [2.05, 4.69) is 55.6 Å². The van der Waals surface area contributed by atoms with E-state index in [9.17, 15) is 0 Å². The lowest BCUT2D eigenvalue weighted by molar-refractivity contribution is 0.500. The average molecular weight is 316 g/mol. The van der Waals surface area contributed by atoms with Gasteiger partial charge in [-0.1, -0.05) is 41.9 Å². The standard InChI is InChI=1S/C18H18ClNS/c1-12(14-7-5-8-16(19)10-14)20-13(2)18-11-15-6-3-4-9-17(15)21-18/h3-13,20H,1-2H3/t12-,13?/m0/s1. The second-order valence-corrected chi connectivity index (χ2v) is 6.90. The Balaban J connectivity index is 1.77. The average Bonchev–Trinajstić information content (AvgIpc) is 2.91. The zero-order valence-corrected chi connectivity index (χ0v) is 13.7. The van der Waals surface area contributed by atoms with Crippen molar-refractivity contribution in [3.63, 3.8) is 0 Å². The molecule has 0 saturated carbocycles. The fourth-order valence-electron chi connectivity index (χ4n) is 2.55. The second kappa shape index (κ2) is 6.18. The largest absolute Gasteiger partial charge is 0.303 e. The lowest BCUT2D eigenvalue weighted by Crippen LogP contribution is -2.21. The molecule has 1 N–H and O–H groups in total. The van der Waals surface area contributed by atoms with Gasteiger partial charge in [-0.2, -0.15) is 0 Å². The highest BCUT2D eigenvalue weighted by molar-refractivity contribution is 7.19. The van der Waals surface area contributed by atoms with E-state index < -0.39 is 0 Å². The summed E-state index contributed by atoms with van der Waals surface area (Å²) in [5, 5.41) is 5.76. The maximum absolute atomic E-state index is 6.07. The molecular formula is C18H18ClNS. The molecule has 21 heavy (non-hydrogen) atoms. The normalized spacial score (nSPS) is 14.2. The van der Waals surface area contributed by atoms with Gasteiger partial charge in [0.15, 0.2) is 0 Å². The van der Waals surface area contributed by atoms with E-state index in [0.29, 0.717) is 6.04 Å². The summed E-state index contributed by atoms with van der Waals surface area (Å²) in [7, 11) is 0. The molecule has 0 bridgehead atoms. The predicted molar refractivity (Wildman–Crippen MR) is 93.2 cm³/mol. The van der Waals surface area contributed by atoms with E-state index in [1.807, 2.05) is 29.5 Å². The van der Waals surface area contributed by atoms with Gasteiger partial charge in [0.05, 0.1) is 0 Å². The van der Waals surface area contributed by atoms with Crippen molar-refractivity contribution in [1.29, 1.82) is 0 Å². The summed E-state index contributed by atoms with van der Waals surface area (Å²) in [6.07, 6.45) is 0. The number of halogens is 1. The number of hydrogen-bond donors (Lipinski definition) is 1. The minimum atomic E-state index is 0.268. The van der Waals surface area contributed by atoms with Crippen molar-refractivity contribution in [3.8, 4) is 0 Å². The first-order valence-electron chi connectivity index (χ1n) is 7.13. The van der Waals surface area contributed by atoms with Crippen LogP contribution >= 0.6 is 22.9 Å². The van der Waals surface area contributed by atoms with Crippen LogP contribution in [0.1, 0.15) is 36.4 Å². The molecule has 2 aromatic carbocycles. The number of benzene rings is 2. The van der Waals surface area contributed by atoms with Crippen LogP contribution in [0.3, 0.4) is 0 Å². The molecule has 3 heteroatoms. The van der Waals surface area contributed by atoms with Crippen molar-refractivity contribution in [2.24, 2.45) is 0 Å². The van der Waals surface area contributed by atoms with Crippen molar-refractivity contribution >= 4 is 33.0 Å². The molecule has 3 aromatic rings. The molecule has 0 saturated heterocycles. The number of rotatable bonds is 4. The highest BCUT2D eigenvalue weighted by Crippen LogP contribution is 2.31. The number of thiophene rings is 1. The molecule has 0 aliphatic heterocycles. The molecule has 0 fully saturated rings. The lowest BCUT2D eigenvalue weighted by atomic mass is 10.1. The van der Waals surface area contributed by atoms with Crippen LogP contribution in [0.5, 0.6) is 0 Å². The summed E-state index contributed by atoms with van der Waals surface area (Å²) in [5.74, 6) is 0. The van der Waals surface area contributed by atoms with E-state index in [0.717, 1.165) is 5.02 Å². The van der Waals surface area contributed by atoms with Gasteiger partial charge < -0.3 is 5.32 Å². The molecule has 1 aromatic heterocycles. The first-order valence-corrected chi connectivity index (χ1v) is 8.33. The molecule has 1 nitrogen and oxygen atoms in total. The van der Waals surface area contributed by atoms with Gasteiger partial charge in [0.2, 0.25) is 0 Å². The molecule has 0 radical (unpaired) electrons. The molecule has 108 valence electrons. The Morgan fingerprint density at radius 1 is 0.952 bits per heavy atom. The van der Waals surface area contributed by atoms with Crippen LogP contribution in [0.15, 0.2) is 54.6 Å². The van der Waals surface area contributed by atoms with Crippen LogP contribution in [0.4, 0.5) is 0 Å². The van der Waals surface area contributed by atoms with Crippen molar-refractivity contribution in [2.75, 3.05) is 0 Å². The molecule has 0 aliphatic rings. The van der Waals surface area contributed by atoms with E-state index in [1.54, 1.807) is 0 Å². The number of hydrogen-bond acceptors (Lipinski definition) is 2. The Morgan fingerprint density at radius 3 is 2.52 bits per heavy atom. The van der Waals surface area contributed by atoms with Crippen molar-refractivity contribution < 1.29 is 0 Å². The molecular weight excluding hydrogens is 298 g/mol. The number of fused-ring (bicyclic) bond motifs is 1. The van der Waals surface area contributed by atoms with Gasteiger partial charge >= 0.3 is 0 Å². The summed E-state index contributed by atoms with van der Waals surface area (Å²) >= 11 is 7.93. The van der Waals surface area contributed by atoms with Crippen molar-refractivity contribution in [3.05, 3.63) is 70.1 Å². The Labute approximate surface area is 134 Å². The van der Waals surface area contributed by atoms with Gasteiger partial charge in [-0.3, -0.25) is 0 Å².